The van der Waals surface area contributed by atoms with Crippen LogP contribution in [0.1, 0.15) is 29.3 Å². The van der Waals surface area contributed by atoms with Crippen molar-refractivity contribution in [3.63, 3.8) is 0 Å². The first kappa shape index (κ1) is 14.6. The van der Waals surface area contributed by atoms with E-state index in [2.05, 4.69) is 4.74 Å². The Hall–Kier alpha value is -2.36. The minimum absolute atomic E-state index is 0.0502. The zero-order chi connectivity index (χ0) is 15.7. The molecule has 2 aromatic rings. The lowest BCUT2D eigenvalue weighted by Gasteiger charge is -2.11. The quantitative estimate of drug-likeness (QED) is 0.814. The third-order valence-corrected chi connectivity index (χ3v) is 4.24. The molecule has 3 rings (SSSR count). The molecular weight excluding hydrogens is 280 g/mol. The van der Waals surface area contributed by atoms with Gasteiger partial charge in [-0.1, -0.05) is 31.2 Å². The van der Waals surface area contributed by atoms with E-state index in [0.29, 0.717) is 5.75 Å². The molecule has 1 atom stereocenters. The van der Waals surface area contributed by atoms with Crippen molar-refractivity contribution in [1.29, 1.82) is 0 Å². The maximum Gasteiger partial charge on any atom is 0.343 e. The minimum atomic E-state index is -0.424. The summed E-state index contributed by atoms with van der Waals surface area (Å²) in [4.78, 5) is 23.9. The molecule has 1 aliphatic rings. The molecule has 2 aromatic carbocycles. The van der Waals surface area contributed by atoms with E-state index in [4.69, 9.17) is 4.74 Å². The average molecular weight is 298 g/mol. The molecule has 22 heavy (non-hydrogen) atoms. The third kappa shape index (κ3) is 2.34. The van der Waals surface area contributed by atoms with Crippen LogP contribution in [0.3, 0.4) is 0 Å². The van der Waals surface area contributed by atoms with E-state index >= 15 is 0 Å². The molecule has 0 N–H and O–H groups in total. The number of carbonyl (C=O) groups excluding carboxylic acids is 2. The smallest absolute Gasteiger partial charge is 0.343 e. The summed E-state index contributed by atoms with van der Waals surface area (Å²) < 4.78 is 10.2. The predicted molar refractivity (Wildman–Crippen MR) is 83.3 cm³/mol. The zero-order valence-electron chi connectivity index (χ0n) is 12.7. The molecule has 4 nitrogen and oxygen atoms in total. The van der Waals surface area contributed by atoms with Crippen LogP contribution in [0.25, 0.3) is 10.8 Å². The van der Waals surface area contributed by atoms with Gasteiger partial charge in [0.1, 0.15) is 5.75 Å². The van der Waals surface area contributed by atoms with Crippen LogP contribution in [0.4, 0.5) is 0 Å². The van der Waals surface area contributed by atoms with E-state index in [9.17, 15) is 9.59 Å². The van der Waals surface area contributed by atoms with Gasteiger partial charge in [-0.2, -0.15) is 0 Å². The number of esters is 1. The van der Waals surface area contributed by atoms with E-state index in [1.165, 1.54) is 7.11 Å². The first-order valence-electron chi connectivity index (χ1n) is 7.44. The molecule has 0 aromatic heterocycles. The first-order chi connectivity index (χ1) is 10.7. The zero-order valence-corrected chi connectivity index (χ0v) is 12.7. The number of hydrogen-bond acceptors (Lipinski definition) is 4. The molecule has 0 saturated heterocycles. The number of methoxy groups -OCH3 is 1. The number of rotatable bonds is 4. The predicted octanol–water partition coefficient (Wildman–Crippen LogP) is 3.16. The van der Waals surface area contributed by atoms with Crippen molar-refractivity contribution >= 4 is 22.5 Å². The van der Waals surface area contributed by atoms with Gasteiger partial charge >= 0.3 is 5.97 Å². The SMILES string of the molecule is CCC1Cc2cc(OCC(=O)OC)c3ccccc3c2C1=O. The normalized spacial score (nSPS) is 16.6. The molecule has 0 amide bonds. The molecule has 0 radical (unpaired) electrons. The molecule has 1 aliphatic carbocycles. The van der Waals surface area contributed by atoms with Crippen LogP contribution < -0.4 is 4.74 Å². The van der Waals surface area contributed by atoms with E-state index in [-0.39, 0.29) is 18.3 Å². The van der Waals surface area contributed by atoms with Gasteiger partial charge in [0, 0.05) is 16.9 Å². The van der Waals surface area contributed by atoms with Crippen LogP contribution in [0.5, 0.6) is 5.75 Å². The summed E-state index contributed by atoms with van der Waals surface area (Å²) in [6, 6.07) is 9.56. The standard InChI is InChI=1S/C18H18O4/c1-3-11-8-12-9-15(22-10-16(19)21-2)13-6-4-5-7-14(13)17(12)18(11)20/h4-7,9,11H,3,8,10H2,1-2H3. The van der Waals surface area contributed by atoms with Crippen LogP contribution in [-0.4, -0.2) is 25.5 Å². The highest BCUT2D eigenvalue weighted by Crippen LogP contribution is 2.39. The largest absolute Gasteiger partial charge is 0.481 e. The number of benzene rings is 2. The molecule has 0 heterocycles. The van der Waals surface area contributed by atoms with Gasteiger partial charge in [-0.05, 0) is 29.9 Å². The van der Waals surface area contributed by atoms with Crippen molar-refractivity contribution in [1.82, 2.24) is 0 Å². The molecule has 0 spiro atoms. The van der Waals surface area contributed by atoms with E-state index in [1.807, 2.05) is 37.3 Å². The van der Waals surface area contributed by atoms with Crippen LogP contribution in [0.15, 0.2) is 30.3 Å². The second kappa shape index (κ2) is 5.79. The molecule has 0 saturated carbocycles. The summed E-state index contributed by atoms with van der Waals surface area (Å²) in [6.07, 6.45) is 1.57. The second-order valence-corrected chi connectivity index (χ2v) is 5.49. The average Bonchev–Trinajstić information content (AvgIpc) is 2.88. The molecule has 1 unspecified atom stereocenters. The monoisotopic (exact) mass is 298 g/mol. The first-order valence-corrected chi connectivity index (χ1v) is 7.44. The molecule has 0 fully saturated rings. The van der Waals surface area contributed by atoms with Gasteiger partial charge in [-0.3, -0.25) is 4.79 Å². The molecule has 0 bridgehead atoms. The Labute approximate surface area is 129 Å². The summed E-state index contributed by atoms with van der Waals surface area (Å²) in [7, 11) is 1.33. The van der Waals surface area contributed by atoms with Crippen molar-refractivity contribution in [2.75, 3.05) is 13.7 Å². The van der Waals surface area contributed by atoms with E-state index < -0.39 is 5.97 Å². The molecule has 114 valence electrons. The van der Waals surface area contributed by atoms with Crippen LogP contribution in [-0.2, 0) is 16.0 Å². The minimum Gasteiger partial charge on any atom is -0.481 e. The second-order valence-electron chi connectivity index (χ2n) is 5.49. The van der Waals surface area contributed by atoms with Crippen LogP contribution in [0, 0.1) is 5.92 Å². The maximum absolute atomic E-state index is 12.6. The van der Waals surface area contributed by atoms with Crippen molar-refractivity contribution in [2.24, 2.45) is 5.92 Å². The summed E-state index contributed by atoms with van der Waals surface area (Å²) in [5.74, 6) is 0.471. The highest BCUT2D eigenvalue weighted by Gasteiger charge is 2.31. The number of hydrogen-bond donors (Lipinski definition) is 0. The summed E-state index contributed by atoms with van der Waals surface area (Å²) >= 11 is 0. The lowest BCUT2D eigenvalue weighted by atomic mass is 9.98. The van der Waals surface area contributed by atoms with Crippen molar-refractivity contribution in [3.05, 3.63) is 41.5 Å². The van der Waals surface area contributed by atoms with Crippen LogP contribution >= 0.6 is 0 Å². The lowest BCUT2D eigenvalue weighted by molar-refractivity contribution is -0.142. The Morgan fingerprint density at radius 2 is 2.00 bits per heavy atom. The summed E-state index contributed by atoms with van der Waals surface area (Å²) in [5, 5.41) is 1.76. The van der Waals surface area contributed by atoms with E-state index in [1.54, 1.807) is 0 Å². The number of Topliss-reactive ketones (excluding diaryl/α,β-unsaturated/α-hetero) is 1. The molecular formula is C18H18O4. The Morgan fingerprint density at radius 1 is 1.27 bits per heavy atom. The fraction of sp³-hybridized carbons (Fsp3) is 0.333. The van der Waals surface area contributed by atoms with Gasteiger partial charge in [0.2, 0.25) is 0 Å². The fourth-order valence-electron chi connectivity index (χ4n) is 3.06. The van der Waals surface area contributed by atoms with Gasteiger partial charge < -0.3 is 9.47 Å². The van der Waals surface area contributed by atoms with Gasteiger partial charge in [0.05, 0.1) is 7.11 Å². The number of carbonyl (C=O) groups is 2. The fourth-order valence-corrected chi connectivity index (χ4v) is 3.06. The number of ketones is 1. The van der Waals surface area contributed by atoms with Gasteiger partial charge in [-0.15, -0.1) is 0 Å². The topological polar surface area (TPSA) is 52.6 Å². The maximum atomic E-state index is 12.6. The Bertz CT molecular complexity index is 748. The summed E-state index contributed by atoms with van der Waals surface area (Å²) in [5.41, 5.74) is 1.82. The van der Waals surface area contributed by atoms with Crippen molar-refractivity contribution < 1.29 is 19.1 Å². The van der Waals surface area contributed by atoms with Gasteiger partial charge in [-0.25, -0.2) is 4.79 Å². The Kier molecular flexibility index (Phi) is 3.84. The third-order valence-electron chi connectivity index (χ3n) is 4.24. The van der Waals surface area contributed by atoms with Crippen LogP contribution in [0.2, 0.25) is 0 Å². The summed E-state index contributed by atoms with van der Waals surface area (Å²) in [6.45, 7) is 1.90. The molecule has 0 aliphatic heterocycles. The lowest BCUT2D eigenvalue weighted by Crippen LogP contribution is -2.13. The van der Waals surface area contributed by atoms with Gasteiger partial charge in [0.15, 0.2) is 12.4 Å². The Balaban J connectivity index is 2.09. The van der Waals surface area contributed by atoms with Gasteiger partial charge in [0.25, 0.3) is 0 Å². The van der Waals surface area contributed by atoms with E-state index in [0.717, 1.165) is 34.7 Å². The highest BCUT2D eigenvalue weighted by molar-refractivity contribution is 6.13. The van der Waals surface area contributed by atoms with Crippen molar-refractivity contribution in [2.45, 2.75) is 19.8 Å². The Morgan fingerprint density at radius 3 is 2.68 bits per heavy atom. The number of fused-ring (bicyclic) bond motifs is 3. The highest BCUT2D eigenvalue weighted by atomic mass is 16.6. The molecule has 4 heteroatoms. The van der Waals surface area contributed by atoms with Crippen molar-refractivity contribution in [3.8, 4) is 5.75 Å². The number of ether oxygens (including phenoxy) is 2.